The number of benzene rings is 2. The maximum absolute atomic E-state index is 13.2. The zero-order valence-electron chi connectivity index (χ0n) is 11.2. The SMILES string of the molecule is COc1cc(N)cc(C(=O)Nc2ccc(F)c(C#N)c2)c1. The number of rotatable bonds is 3. The van der Waals surface area contributed by atoms with Gasteiger partial charge in [0.25, 0.3) is 5.91 Å². The third-order valence-corrected chi connectivity index (χ3v) is 2.77. The van der Waals surface area contributed by atoms with Crippen LogP contribution in [0.4, 0.5) is 15.8 Å². The molecule has 0 bridgehead atoms. The molecule has 3 N–H and O–H groups in total. The minimum atomic E-state index is -0.638. The Labute approximate surface area is 120 Å². The van der Waals surface area contributed by atoms with Crippen molar-refractivity contribution in [2.45, 2.75) is 0 Å². The molecule has 2 rings (SSSR count). The molecule has 0 saturated heterocycles. The lowest BCUT2D eigenvalue weighted by molar-refractivity contribution is 0.102. The third-order valence-electron chi connectivity index (χ3n) is 2.77. The molecule has 6 heteroatoms. The molecule has 0 unspecified atom stereocenters. The van der Waals surface area contributed by atoms with Crippen LogP contribution in [-0.2, 0) is 0 Å². The maximum Gasteiger partial charge on any atom is 0.255 e. The van der Waals surface area contributed by atoms with Crippen LogP contribution >= 0.6 is 0 Å². The summed E-state index contributed by atoms with van der Waals surface area (Å²) in [4.78, 5) is 12.1. The second kappa shape index (κ2) is 5.92. The molecule has 0 atom stereocenters. The predicted octanol–water partition coefficient (Wildman–Crippen LogP) is 2.54. The van der Waals surface area contributed by atoms with E-state index in [4.69, 9.17) is 15.7 Å². The lowest BCUT2D eigenvalue weighted by Crippen LogP contribution is -2.12. The van der Waals surface area contributed by atoms with Gasteiger partial charge in [0.05, 0.1) is 12.7 Å². The summed E-state index contributed by atoms with van der Waals surface area (Å²) in [6.07, 6.45) is 0. The van der Waals surface area contributed by atoms with E-state index in [2.05, 4.69) is 5.32 Å². The van der Waals surface area contributed by atoms with E-state index in [0.717, 1.165) is 6.07 Å². The van der Waals surface area contributed by atoms with Gasteiger partial charge in [-0.05, 0) is 30.3 Å². The van der Waals surface area contributed by atoms with Crippen molar-refractivity contribution < 1.29 is 13.9 Å². The van der Waals surface area contributed by atoms with Gasteiger partial charge in [-0.2, -0.15) is 5.26 Å². The van der Waals surface area contributed by atoms with E-state index in [0.29, 0.717) is 22.7 Å². The van der Waals surface area contributed by atoms with Gasteiger partial charge in [0.1, 0.15) is 17.6 Å². The van der Waals surface area contributed by atoms with E-state index in [9.17, 15) is 9.18 Å². The number of anilines is 2. The zero-order valence-corrected chi connectivity index (χ0v) is 11.2. The van der Waals surface area contributed by atoms with Crippen LogP contribution in [0.2, 0.25) is 0 Å². The lowest BCUT2D eigenvalue weighted by Gasteiger charge is -2.08. The van der Waals surface area contributed by atoms with Gasteiger partial charge in [-0.3, -0.25) is 4.79 Å². The second-order valence-corrected chi connectivity index (χ2v) is 4.26. The summed E-state index contributed by atoms with van der Waals surface area (Å²) in [5, 5.41) is 11.3. The fourth-order valence-electron chi connectivity index (χ4n) is 1.76. The van der Waals surface area contributed by atoms with Crippen LogP contribution < -0.4 is 15.8 Å². The molecule has 0 fully saturated rings. The van der Waals surface area contributed by atoms with Crippen LogP contribution in [-0.4, -0.2) is 13.0 Å². The van der Waals surface area contributed by atoms with Crippen molar-refractivity contribution in [3.8, 4) is 11.8 Å². The molecule has 0 aromatic heterocycles. The Morgan fingerprint density at radius 3 is 2.76 bits per heavy atom. The number of nitrogen functional groups attached to an aromatic ring is 1. The molecule has 2 aromatic rings. The van der Waals surface area contributed by atoms with Crippen LogP contribution in [0, 0.1) is 17.1 Å². The first kappa shape index (κ1) is 14.3. The average molecular weight is 285 g/mol. The van der Waals surface area contributed by atoms with E-state index in [1.165, 1.54) is 31.4 Å². The van der Waals surface area contributed by atoms with Gasteiger partial charge in [-0.25, -0.2) is 4.39 Å². The molecule has 2 aromatic carbocycles. The number of nitrogens with one attached hydrogen (secondary N) is 1. The number of hydrogen-bond donors (Lipinski definition) is 2. The molecule has 0 saturated carbocycles. The van der Waals surface area contributed by atoms with E-state index in [1.807, 2.05) is 0 Å². The Morgan fingerprint density at radius 2 is 2.10 bits per heavy atom. The Hall–Kier alpha value is -3.07. The molecule has 0 aliphatic rings. The van der Waals surface area contributed by atoms with Crippen molar-refractivity contribution in [3.63, 3.8) is 0 Å². The summed E-state index contributed by atoms with van der Waals surface area (Å²) < 4.78 is 18.2. The molecule has 5 nitrogen and oxygen atoms in total. The number of hydrogen-bond acceptors (Lipinski definition) is 4. The number of carbonyl (C=O) groups excluding carboxylic acids is 1. The first-order valence-electron chi connectivity index (χ1n) is 5.99. The molecule has 0 aliphatic heterocycles. The van der Waals surface area contributed by atoms with E-state index in [-0.39, 0.29) is 5.56 Å². The summed E-state index contributed by atoms with van der Waals surface area (Å²) >= 11 is 0. The topological polar surface area (TPSA) is 88.1 Å². The van der Waals surface area contributed by atoms with Gasteiger partial charge in [-0.15, -0.1) is 0 Å². The smallest absolute Gasteiger partial charge is 0.255 e. The molecular formula is C15H12FN3O2. The molecule has 0 spiro atoms. The van der Waals surface area contributed by atoms with Gasteiger partial charge in [0.15, 0.2) is 0 Å². The largest absolute Gasteiger partial charge is 0.497 e. The van der Waals surface area contributed by atoms with E-state index >= 15 is 0 Å². The van der Waals surface area contributed by atoms with Crippen molar-refractivity contribution in [1.29, 1.82) is 5.26 Å². The lowest BCUT2D eigenvalue weighted by atomic mass is 10.1. The molecule has 106 valence electrons. The van der Waals surface area contributed by atoms with Gasteiger partial charge < -0.3 is 15.8 Å². The standard InChI is InChI=1S/C15H12FN3O2/c1-21-13-6-9(4-11(18)7-13)15(20)19-12-2-3-14(16)10(5-12)8-17/h2-7H,18H2,1H3,(H,19,20). The number of ether oxygens (including phenoxy) is 1. The zero-order chi connectivity index (χ0) is 15.4. The molecule has 0 radical (unpaired) electrons. The first-order valence-corrected chi connectivity index (χ1v) is 5.99. The minimum Gasteiger partial charge on any atom is -0.497 e. The number of carbonyl (C=O) groups is 1. The van der Waals surface area contributed by atoms with Crippen LogP contribution in [0.3, 0.4) is 0 Å². The number of amides is 1. The molecule has 0 aliphatic carbocycles. The minimum absolute atomic E-state index is 0.141. The van der Waals surface area contributed by atoms with Crippen molar-refractivity contribution in [2.75, 3.05) is 18.2 Å². The Kier molecular flexibility index (Phi) is 4.05. The van der Waals surface area contributed by atoms with Gasteiger partial charge in [0.2, 0.25) is 0 Å². The summed E-state index contributed by atoms with van der Waals surface area (Å²) in [6, 6.07) is 10.1. The Morgan fingerprint density at radius 1 is 1.33 bits per heavy atom. The van der Waals surface area contributed by atoms with Crippen molar-refractivity contribution >= 4 is 17.3 Å². The molecule has 21 heavy (non-hydrogen) atoms. The fourth-order valence-corrected chi connectivity index (χ4v) is 1.76. The van der Waals surface area contributed by atoms with Gasteiger partial charge in [-0.1, -0.05) is 0 Å². The highest BCUT2D eigenvalue weighted by atomic mass is 19.1. The molecular weight excluding hydrogens is 273 g/mol. The third kappa shape index (κ3) is 3.28. The number of nitrogens with two attached hydrogens (primary N) is 1. The molecule has 1 amide bonds. The summed E-state index contributed by atoms with van der Waals surface area (Å²) in [5.41, 5.74) is 6.54. The van der Waals surface area contributed by atoms with Gasteiger partial charge >= 0.3 is 0 Å². The second-order valence-electron chi connectivity index (χ2n) is 4.26. The summed E-state index contributed by atoms with van der Waals surface area (Å²) in [7, 11) is 1.47. The Balaban J connectivity index is 2.26. The van der Waals surface area contributed by atoms with Crippen molar-refractivity contribution in [3.05, 3.63) is 53.3 Å². The van der Waals surface area contributed by atoms with Crippen molar-refractivity contribution in [2.24, 2.45) is 0 Å². The highest BCUT2D eigenvalue weighted by Gasteiger charge is 2.10. The highest BCUT2D eigenvalue weighted by molar-refractivity contribution is 6.05. The monoisotopic (exact) mass is 285 g/mol. The first-order chi connectivity index (χ1) is 10.0. The quantitative estimate of drug-likeness (QED) is 0.848. The Bertz CT molecular complexity index is 738. The van der Waals surface area contributed by atoms with Crippen molar-refractivity contribution in [1.82, 2.24) is 0 Å². The van der Waals surface area contributed by atoms with Crippen LogP contribution in [0.25, 0.3) is 0 Å². The van der Waals surface area contributed by atoms with E-state index in [1.54, 1.807) is 12.1 Å². The maximum atomic E-state index is 13.2. The van der Waals surface area contributed by atoms with Crippen LogP contribution in [0.15, 0.2) is 36.4 Å². The number of methoxy groups -OCH3 is 1. The number of halogens is 1. The predicted molar refractivity (Wildman–Crippen MR) is 76.5 cm³/mol. The normalized spacial score (nSPS) is 9.76. The fraction of sp³-hybridized carbons (Fsp3) is 0.0667. The van der Waals surface area contributed by atoms with Gasteiger partial charge in [0, 0.05) is 23.0 Å². The molecule has 0 heterocycles. The number of nitriles is 1. The average Bonchev–Trinajstić information content (AvgIpc) is 2.48. The summed E-state index contributed by atoms with van der Waals surface area (Å²) in [6.45, 7) is 0. The highest BCUT2D eigenvalue weighted by Crippen LogP contribution is 2.20. The van der Waals surface area contributed by atoms with Crippen LogP contribution in [0.1, 0.15) is 15.9 Å². The summed E-state index contributed by atoms with van der Waals surface area (Å²) in [5.74, 6) is -0.616. The van der Waals surface area contributed by atoms with Crippen LogP contribution in [0.5, 0.6) is 5.75 Å². The van der Waals surface area contributed by atoms with E-state index < -0.39 is 11.7 Å². The number of nitrogens with zero attached hydrogens (tertiary/aromatic N) is 1.